The predicted octanol–water partition coefficient (Wildman–Crippen LogP) is 21.3. The molecular weight excluding hydrogens is 1600 g/mol. The molecule has 0 amide bonds. The SMILES string of the molecule is C=C1C(=O)[C@]23CC[C@H]1CC2[C@]1(CC)CCC[C@@](C)(COC(=O)c2cccs2)C1C[C@H]3O.C=C1[C@H]2CC[C@@]34C(C2)[C@]2(CC)CCC[C@@](C)(COC(=O)c5cccs5)C2C[C@H]3OC(C)(C)O[C@@H]14.C=C1[C@H]2CC[C@@]34C(C2)[C@]2(CO)CCC[C@@](C)(CO)C2C[C@H]3OC(C)(C)O[C@@H]14.C=C1[C@H]2CC[C@]3(C(C2)[C@]2(CC)CCC[C@@](C)(COC(=O)c4cccs4)C2C[C@H]3O)[C@H]1O. The molecule has 20 aliphatic carbocycles. The lowest BCUT2D eigenvalue weighted by atomic mass is 9.34. The summed E-state index contributed by atoms with van der Waals surface area (Å²) in [5.74, 6) is 2.86. The van der Waals surface area contributed by atoms with Gasteiger partial charge < -0.3 is 58.7 Å². The fraction of sp³-hybridized carbons (Fsp3) is 0.769. The van der Waals surface area contributed by atoms with Crippen molar-refractivity contribution in [2.75, 3.05) is 33.0 Å². The standard InChI is InChI=1S/C29H40O4S.C26H36O4S.C26H34O4S.C23H36O4/c1-6-28-12-8-11-27(5,17-31-25(30)20-9-7-14-34-20)21(28)16-23-29-13-10-19(15-22(28)29)18(2)24(29)33-26(3,4)32-23;2*1-4-25-10-6-9-24(3,15-30-23(29)18-7-5-12-31-18)19(25)14-21(27)26-11-8-17(13-20(25)26)16(2)22(26)28;1-14-15-6-9-23-17(10-15)22(13-25)8-5-7-21(4,12-24)16(22)11-18(23)26-20(2,3)27-19(14)23/h7,9,14,19,21-24H,2,6,8,10-13,15-17H2,1,3-5H3;5,7,12,17,19-22,27-28H,2,4,6,8-11,13-15H2,1,3H3;5,7,12,17,19-21,27H,2,4,6,8-11,13-15H2,1,3H3;15-19,24-25H,1,5-13H2,2-4H3/t19-,21?,22?,23+,24-,27-,28+,29+;17-,19?,20?,21+,22-,24-,25+,26+;17-,19?,20?,21+,24-,25+,26+;15-,16?,17?,18+,19-,21-,22-,23+/m0000/s1. The number of aliphatic hydroxyl groups excluding tert-OH is 5. The van der Waals surface area contributed by atoms with Gasteiger partial charge >= 0.3 is 17.9 Å². The molecule has 0 radical (unpaired) electrons. The van der Waals surface area contributed by atoms with Crippen molar-refractivity contribution in [1.82, 2.24) is 0 Å². The summed E-state index contributed by atoms with van der Waals surface area (Å²) in [5, 5.41) is 61.3. The minimum absolute atomic E-state index is 0.0244. The number of fused-ring (bicyclic) bond motifs is 10. The molecule has 16 nitrogen and oxygen atoms in total. The van der Waals surface area contributed by atoms with Crippen LogP contribution in [-0.4, -0.2) is 137 Å². The monoisotopic (exact) mass is 1750 g/mol. The number of ketones is 1. The third-order valence-corrected chi connectivity index (χ3v) is 42.9. The fourth-order valence-electron chi connectivity index (χ4n) is 34.9. The van der Waals surface area contributed by atoms with Crippen molar-refractivity contribution < 1.29 is 77.9 Å². The number of ether oxygens (including phenoxy) is 7. The molecule has 5 N–H and O–H groups in total. The third kappa shape index (κ3) is 13.2. The maximum absolute atomic E-state index is 13.5. The zero-order valence-electron chi connectivity index (χ0n) is 75.9. The van der Waals surface area contributed by atoms with Gasteiger partial charge in [0.2, 0.25) is 0 Å². The molecule has 3 aromatic rings. The van der Waals surface area contributed by atoms with Gasteiger partial charge in [0, 0.05) is 51.1 Å². The zero-order chi connectivity index (χ0) is 87.2. The molecule has 3 aromatic heterocycles. The van der Waals surface area contributed by atoms with E-state index < -0.39 is 40.7 Å². The van der Waals surface area contributed by atoms with Crippen LogP contribution in [0, 0.1) is 136 Å². The highest BCUT2D eigenvalue weighted by molar-refractivity contribution is 7.12. The van der Waals surface area contributed by atoms with Gasteiger partial charge in [-0.15, -0.1) is 34.0 Å². The van der Waals surface area contributed by atoms with Crippen LogP contribution < -0.4 is 0 Å². The second-order valence-electron chi connectivity index (χ2n) is 45.6. The van der Waals surface area contributed by atoms with Crippen LogP contribution in [0.25, 0.3) is 0 Å². The number of aliphatic hydroxyl groups is 5. The first-order valence-corrected chi connectivity index (χ1v) is 51.0. The molecule has 20 saturated carbocycles. The van der Waals surface area contributed by atoms with Crippen LogP contribution >= 0.6 is 34.0 Å². The average molecular weight is 1750 g/mol. The van der Waals surface area contributed by atoms with E-state index in [0.29, 0.717) is 101 Å². The zero-order valence-corrected chi connectivity index (χ0v) is 78.4. The molecule has 676 valence electrons. The maximum atomic E-state index is 13.5. The Morgan fingerprint density at radius 2 is 0.764 bits per heavy atom. The normalized spacial score (nSPS) is 47.8. The van der Waals surface area contributed by atoms with E-state index in [9.17, 15) is 44.7 Å². The van der Waals surface area contributed by atoms with Gasteiger partial charge in [-0.05, 0) is 350 Å². The summed E-state index contributed by atoms with van der Waals surface area (Å²) in [4.78, 5) is 53.3. The number of rotatable bonds is 14. The second-order valence-corrected chi connectivity index (χ2v) is 48.5. The molecule has 0 aromatic carbocycles. The van der Waals surface area contributed by atoms with Gasteiger partial charge in [0.15, 0.2) is 17.4 Å². The van der Waals surface area contributed by atoms with Crippen molar-refractivity contribution in [2.45, 2.75) is 330 Å². The number of carbonyl (C=O) groups excluding carboxylic acids is 4. The summed E-state index contributed by atoms with van der Waals surface area (Å²) < 4.78 is 44.4. The van der Waals surface area contributed by atoms with Crippen LogP contribution in [0.5, 0.6) is 0 Å². The van der Waals surface area contributed by atoms with Gasteiger partial charge in [-0.1, -0.05) is 119 Å². The molecule has 2 aliphatic heterocycles. The molecule has 19 heteroatoms. The molecule has 31 atom stereocenters. The number of carbonyl (C=O) groups is 4. The molecule has 8 bridgehead atoms. The minimum atomic E-state index is -0.635. The maximum Gasteiger partial charge on any atom is 0.348 e. The number of Topliss-reactive ketones (excluding diaryl/α,β-unsaturated/α-hetero) is 1. The van der Waals surface area contributed by atoms with E-state index in [-0.39, 0.29) is 133 Å². The lowest BCUT2D eigenvalue weighted by molar-refractivity contribution is -0.397. The van der Waals surface area contributed by atoms with Gasteiger partial charge in [-0.3, -0.25) is 4.79 Å². The Bertz CT molecular complexity index is 4530. The smallest absolute Gasteiger partial charge is 0.348 e. The Hall–Kier alpha value is -4.22. The molecule has 2 saturated heterocycles. The first-order valence-electron chi connectivity index (χ1n) is 48.3. The molecule has 4 spiro atoms. The fourth-order valence-corrected chi connectivity index (χ4v) is 36.8. The summed E-state index contributed by atoms with van der Waals surface area (Å²) in [6.07, 6.45) is 31.4. The van der Waals surface area contributed by atoms with Crippen LogP contribution in [-0.2, 0) is 38.0 Å². The van der Waals surface area contributed by atoms with Crippen molar-refractivity contribution in [3.8, 4) is 0 Å². The van der Waals surface area contributed by atoms with Crippen LogP contribution in [0.4, 0.5) is 0 Å². The summed E-state index contributed by atoms with van der Waals surface area (Å²) in [5.41, 5.74) is 3.01. The van der Waals surface area contributed by atoms with Crippen LogP contribution in [0.2, 0.25) is 0 Å². The third-order valence-electron chi connectivity index (χ3n) is 40.4. The van der Waals surface area contributed by atoms with Gasteiger partial charge in [0.25, 0.3) is 0 Å². The van der Waals surface area contributed by atoms with Crippen molar-refractivity contribution in [1.29, 1.82) is 0 Å². The van der Waals surface area contributed by atoms with Gasteiger partial charge in [-0.2, -0.15) is 0 Å². The Balaban J connectivity index is 0.000000112. The first-order chi connectivity index (χ1) is 58.4. The highest BCUT2D eigenvalue weighted by Crippen LogP contribution is 2.80. The number of allylic oxidation sites excluding steroid dienone is 1. The van der Waals surface area contributed by atoms with Crippen molar-refractivity contribution >= 4 is 57.7 Å². The molecular formula is C104H146O16S3. The van der Waals surface area contributed by atoms with Gasteiger partial charge in [-0.25, -0.2) is 14.4 Å². The molecule has 22 aliphatic rings. The van der Waals surface area contributed by atoms with Crippen LogP contribution in [0.3, 0.4) is 0 Å². The highest BCUT2D eigenvalue weighted by atomic mass is 32.1. The van der Waals surface area contributed by atoms with E-state index in [1.54, 1.807) is 6.07 Å². The van der Waals surface area contributed by atoms with E-state index in [1.165, 1.54) is 90.1 Å². The largest absolute Gasteiger partial charge is 0.461 e. The quantitative estimate of drug-likeness (QED) is 0.0437. The summed E-state index contributed by atoms with van der Waals surface area (Å²) >= 11 is 4.28. The van der Waals surface area contributed by atoms with Crippen molar-refractivity contribution in [3.63, 3.8) is 0 Å². The number of thiophene rings is 3. The first kappa shape index (κ1) is 89.4. The van der Waals surface area contributed by atoms with Crippen molar-refractivity contribution in [3.05, 3.63) is 116 Å². The van der Waals surface area contributed by atoms with Crippen LogP contribution in [0.15, 0.2) is 101 Å². The molecule has 25 rings (SSSR count). The minimum Gasteiger partial charge on any atom is -0.461 e. The summed E-state index contributed by atoms with van der Waals surface area (Å²) in [6.45, 7) is 43.5. The van der Waals surface area contributed by atoms with E-state index in [2.05, 4.69) is 88.6 Å². The molecule has 5 heterocycles. The Morgan fingerprint density at radius 3 is 1.18 bits per heavy atom. The molecule has 22 fully saturated rings. The van der Waals surface area contributed by atoms with E-state index >= 15 is 0 Å². The Labute approximate surface area is 745 Å². The lowest BCUT2D eigenvalue weighted by Gasteiger charge is -2.74. The lowest BCUT2D eigenvalue weighted by Crippen LogP contribution is -2.75. The van der Waals surface area contributed by atoms with E-state index in [4.69, 9.17) is 33.2 Å². The summed E-state index contributed by atoms with van der Waals surface area (Å²) in [7, 11) is 0. The number of esters is 3. The molecule has 123 heavy (non-hydrogen) atoms. The Kier molecular flexibility index (Phi) is 23.1. The van der Waals surface area contributed by atoms with E-state index in [1.807, 2.05) is 60.3 Å². The second kappa shape index (κ2) is 31.8. The average Bonchev–Trinajstić information content (AvgIpc) is 1.17. The Morgan fingerprint density at radius 1 is 0.407 bits per heavy atom. The van der Waals surface area contributed by atoms with Crippen molar-refractivity contribution in [2.24, 2.45) is 136 Å². The van der Waals surface area contributed by atoms with Crippen LogP contribution in [0.1, 0.15) is 304 Å². The molecule has 8 unspecified atom stereocenters. The van der Waals surface area contributed by atoms with Gasteiger partial charge in [0.05, 0.1) is 68.0 Å². The predicted molar refractivity (Wildman–Crippen MR) is 479 cm³/mol. The topological polar surface area (TPSA) is 234 Å². The van der Waals surface area contributed by atoms with Gasteiger partial charge in [0.1, 0.15) is 14.6 Å². The number of hydrogen-bond donors (Lipinski definition) is 5. The highest BCUT2D eigenvalue weighted by Gasteiger charge is 2.78. The number of hydrogen-bond acceptors (Lipinski definition) is 19. The summed E-state index contributed by atoms with van der Waals surface area (Å²) in [6, 6.07) is 11.1. The van der Waals surface area contributed by atoms with E-state index in [0.717, 1.165) is 152 Å².